The molecule has 0 saturated heterocycles. The molecular formula is C19H18OS. The van der Waals surface area contributed by atoms with Crippen molar-refractivity contribution in [1.29, 1.82) is 0 Å². The van der Waals surface area contributed by atoms with Gasteiger partial charge in [-0.25, -0.2) is 0 Å². The Hall–Kier alpha value is -2.19. The highest BCUT2D eigenvalue weighted by Gasteiger charge is 2.01. The molecule has 106 valence electrons. The number of ether oxygens (including phenoxy) is 1. The van der Waals surface area contributed by atoms with Crippen molar-refractivity contribution >= 4 is 23.2 Å². The Balaban J connectivity index is 2.13. The molecule has 0 bridgehead atoms. The third-order valence-electron chi connectivity index (χ3n) is 2.87. The molecule has 0 heterocycles. The molecule has 2 rings (SSSR count). The number of thiocarbonyl (C=S) groups is 1. The molecular weight excluding hydrogens is 276 g/mol. The number of hydrogen-bond acceptors (Lipinski definition) is 2. The molecule has 0 aliphatic carbocycles. The number of hydrogen-bond donors (Lipinski definition) is 0. The Morgan fingerprint density at radius 2 is 1.76 bits per heavy atom. The standard InChI is InChI=1S/C19H18OS/c1-15(2)14-20-18-11-7-6-8-16(18)12-13-19(21)17-9-4-3-5-10-17/h3-13H,1,14H2,2H3/b13-12+. The summed E-state index contributed by atoms with van der Waals surface area (Å²) in [6, 6.07) is 17.9. The molecule has 21 heavy (non-hydrogen) atoms. The van der Waals surface area contributed by atoms with Gasteiger partial charge in [-0.3, -0.25) is 0 Å². The molecule has 0 fully saturated rings. The SMILES string of the molecule is C=C(C)COc1ccccc1/C=C/C(=S)c1ccccc1. The second-order valence-corrected chi connectivity index (χ2v) is 5.29. The Labute approximate surface area is 131 Å². The van der Waals surface area contributed by atoms with Gasteiger partial charge in [0.1, 0.15) is 12.4 Å². The molecule has 0 spiro atoms. The van der Waals surface area contributed by atoms with E-state index < -0.39 is 0 Å². The number of benzene rings is 2. The van der Waals surface area contributed by atoms with Crippen LogP contribution in [0.2, 0.25) is 0 Å². The van der Waals surface area contributed by atoms with Crippen LogP contribution in [0.15, 0.2) is 72.8 Å². The fourth-order valence-electron chi connectivity index (χ4n) is 1.81. The molecule has 2 aromatic carbocycles. The van der Waals surface area contributed by atoms with Gasteiger partial charge < -0.3 is 4.74 Å². The first kappa shape index (κ1) is 15.2. The quantitative estimate of drug-likeness (QED) is 0.318. The average molecular weight is 294 g/mol. The van der Waals surface area contributed by atoms with Gasteiger partial charge in [-0.15, -0.1) is 0 Å². The molecule has 0 saturated carbocycles. The monoisotopic (exact) mass is 294 g/mol. The molecule has 0 unspecified atom stereocenters. The van der Waals surface area contributed by atoms with Crippen LogP contribution in [0.1, 0.15) is 18.1 Å². The first-order valence-electron chi connectivity index (χ1n) is 6.80. The first-order chi connectivity index (χ1) is 10.2. The van der Waals surface area contributed by atoms with Crippen LogP contribution in [-0.2, 0) is 0 Å². The van der Waals surface area contributed by atoms with Crippen LogP contribution >= 0.6 is 12.2 Å². The summed E-state index contributed by atoms with van der Waals surface area (Å²) in [4.78, 5) is 0.810. The molecule has 0 atom stereocenters. The largest absolute Gasteiger partial charge is 0.489 e. The van der Waals surface area contributed by atoms with Gasteiger partial charge in [-0.2, -0.15) is 0 Å². The summed E-state index contributed by atoms with van der Waals surface area (Å²) >= 11 is 5.43. The maximum absolute atomic E-state index is 5.74. The highest BCUT2D eigenvalue weighted by molar-refractivity contribution is 7.81. The van der Waals surface area contributed by atoms with Crippen LogP contribution in [0, 0.1) is 0 Å². The van der Waals surface area contributed by atoms with E-state index in [1.54, 1.807) is 0 Å². The summed E-state index contributed by atoms with van der Waals surface area (Å²) in [6.45, 7) is 6.32. The summed E-state index contributed by atoms with van der Waals surface area (Å²) < 4.78 is 5.74. The molecule has 2 heteroatoms. The van der Waals surface area contributed by atoms with Gasteiger partial charge in [-0.1, -0.05) is 67.3 Å². The van der Waals surface area contributed by atoms with E-state index in [1.165, 1.54) is 0 Å². The molecule has 0 amide bonds. The van der Waals surface area contributed by atoms with Gasteiger partial charge in [-0.05, 0) is 36.3 Å². The molecule has 1 nitrogen and oxygen atoms in total. The molecule has 0 radical (unpaired) electrons. The van der Waals surface area contributed by atoms with Gasteiger partial charge in [0.05, 0.1) is 0 Å². The minimum Gasteiger partial charge on any atom is -0.489 e. The average Bonchev–Trinajstić information content (AvgIpc) is 2.52. The second-order valence-electron chi connectivity index (χ2n) is 4.85. The molecule has 0 aliphatic rings. The molecule has 0 aliphatic heterocycles. The van der Waals surface area contributed by atoms with E-state index in [2.05, 4.69) is 6.58 Å². The Bertz CT molecular complexity index is 656. The topological polar surface area (TPSA) is 9.23 Å². The Kier molecular flexibility index (Phi) is 5.47. The molecule has 0 N–H and O–H groups in total. The summed E-state index contributed by atoms with van der Waals surface area (Å²) in [6.07, 6.45) is 3.93. The fraction of sp³-hybridized carbons (Fsp3) is 0.105. The summed E-state index contributed by atoms with van der Waals surface area (Å²) in [5.41, 5.74) is 3.05. The Morgan fingerprint density at radius 1 is 1.10 bits per heavy atom. The lowest BCUT2D eigenvalue weighted by molar-refractivity contribution is 0.352. The van der Waals surface area contributed by atoms with Crippen LogP contribution < -0.4 is 4.74 Å². The maximum atomic E-state index is 5.74. The lowest BCUT2D eigenvalue weighted by atomic mass is 10.1. The van der Waals surface area contributed by atoms with Crippen LogP contribution in [0.5, 0.6) is 5.75 Å². The van der Waals surface area contributed by atoms with E-state index in [0.29, 0.717) is 6.61 Å². The van der Waals surface area contributed by atoms with Crippen molar-refractivity contribution in [3.05, 3.63) is 84.0 Å². The van der Waals surface area contributed by atoms with E-state index in [-0.39, 0.29) is 0 Å². The van der Waals surface area contributed by atoms with Crippen LogP contribution in [-0.4, -0.2) is 11.5 Å². The first-order valence-corrected chi connectivity index (χ1v) is 7.21. The van der Waals surface area contributed by atoms with Crippen LogP contribution in [0.4, 0.5) is 0 Å². The van der Waals surface area contributed by atoms with Gasteiger partial charge in [0.2, 0.25) is 0 Å². The van der Waals surface area contributed by atoms with Crippen molar-refractivity contribution in [2.24, 2.45) is 0 Å². The van der Waals surface area contributed by atoms with E-state index in [4.69, 9.17) is 17.0 Å². The van der Waals surface area contributed by atoms with Crippen molar-refractivity contribution < 1.29 is 4.74 Å². The normalized spacial score (nSPS) is 10.5. The summed E-state index contributed by atoms with van der Waals surface area (Å²) in [5, 5.41) is 0. The summed E-state index contributed by atoms with van der Waals surface area (Å²) in [5.74, 6) is 0.840. The second kappa shape index (κ2) is 7.55. The predicted molar refractivity (Wildman–Crippen MR) is 93.9 cm³/mol. The number of para-hydroxylation sites is 1. The molecule has 2 aromatic rings. The zero-order valence-electron chi connectivity index (χ0n) is 12.1. The van der Waals surface area contributed by atoms with E-state index >= 15 is 0 Å². The predicted octanol–water partition coefficient (Wildman–Crippen LogP) is 5.07. The van der Waals surface area contributed by atoms with Gasteiger partial charge in [0.25, 0.3) is 0 Å². The van der Waals surface area contributed by atoms with Crippen molar-refractivity contribution in [3.63, 3.8) is 0 Å². The fourth-order valence-corrected chi connectivity index (χ4v) is 2.02. The van der Waals surface area contributed by atoms with Crippen molar-refractivity contribution in [2.45, 2.75) is 6.92 Å². The summed E-state index contributed by atoms with van der Waals surface area (Å²) in [7, 11) is 0. The number of allylic oxidation sites excluding steroid dienone is 1. The third-order valence-corrected chi connectivity index (χ3v) is 3.24. The lowest BCUT2D eigenvalue weighted by Crippen LogP contribution is -1.99. The minimum atomic E-state index is 0.522. The van der Waals surface area contributed by atoms with E-state index in [0.717, 1.165) is 27.3 Å². The number of rotatable bonds is 6. The minimum absolute atomic E-state index is 0.522. The van der Waals surface area contributed by atoms with Crippen LogP contribution in [0.3, 0.4) is 0 Å². The highest BCUT2D eigenvalue weighted by Crippen LogP contribution is 2.20. The Morgan fingerprint density at radius 3 is 2.48 bits per heavy atom. The smallest absolute Gasteiger partial charge is 0.127 e. The van der Waals surface area contributed by atoms with Gasteiger partial charge in [0.15, 0.2) is 0 Å². The van der Waals surface area contributed by atoms with Gasteiger partial charge in [0, 0.05) is 10.4 Å². The van der Waals surface area contributed by atoms with Crippen molar-refractivity contribution in [2.75, 3.05) is 6.61 Å². The zero-order valence-corrected chi connectivity index (χ0v) is 12.9. The van der Waals surface area contributed by atoms with Gasteiger partial charge >= 0.3 is 0 Å². The van der Waals surface area contributed by atoms with E-state index in [9.17, 15) is 0 Å². The van der Waals surface area contributed by atoms with Crippen molar-refractivity contribution in [3.8, 4) is 5.75 Å². The molecule has 0 aromatic heterocycles. The van der Waals surface area contributed by atoms with E-state index in [1.807, 2.05) is 73.7 Å². The van der Waals surface area contributed by atoms with Crippen LogP contribution in [0.25, 0.3) is 6.08 Å². The zero-order chi connectivity index (χ0) is 15.1. The third kappa shape index (κ3) is 4.69. The lowest BCUT2D eigenvalue weighted by Gasteiger charge is -2.08. The van der Waals surface area contributed by atoms with Crippen molar-refractivity contribution in [1.82, 2.24) is 0 Å². The highest BCUT2D eigenvalue weighted by atomic mass is 32.1. The maximum Gasteiger partial charge on any atom is 0.127 e.